The maximum atomic E-state index is 12.1. The van der Waals surface area contributed by atoms with Crippen molar-refractivity contribution in [3.63, 3.8) is 0 Å². The summed E-state index contributed by atoms with van der Waals surface area (Å²) < 4.78 is 5.48. The summed E-state index contributed by atoms with van der Waals surface area (Å²) in [6, 6.07) is -0.0375. The summed E-state index contributed by atoms with van der Waals surface area (Å²) in [6.07, 6.45) is 3.44. The standard InChI is InChI=1S/C15H24N4O4/c1-3-16-15(22)17-10-4-6-11(7-5-10)23-14(21)12-8-9-13(20)19(2)18-12/h10-11H,3-9H2,1-2H3,(H2,16,17,22). The zero-order valence-electron chi connectivity index (χ0n) is 13.6. The fraction of sp³-hybridized carbons (Fsp3) is 0.733. The molecule has 0 atom stereocenters. The van der Waals surface area contributed by atoms with Crippen LogP contribution in [0, 0.1) is 0 Å². The lowest BCUT2D eigenvalue weighted by atomic mass is 9.93. The van der Waals surface area contributed by atoms with Crippen molar-refractivity contribution < 1.29 is 19.1 Å². The molecular formula is C15H24N4O4. The third-order valence-electron chi connectivity index (χ3n) is 4.06. The smallest absolute Gasteiger partial charge is 0.354 e. The second kappa shape index (κ2) is 7.94. The zero-order valence-corrected chi connectivity index (χ0v) is 13.6. The Balaban J connectivity index is 1.76. The fourth-order valence-corrected chi connectivity index (χ4v) is 2.76. The van der Waals surface area contributed by atoms with Crippen LogP contribution in [-0.2, 0) is 14.3 Å². The van der Waals surface area contributed by atoms with Crippen molar-refractivity contribution in [2.24, 2.45) is 5.10 Å². The first kappa shape index (κ1) is 17.2. The second-order valence-corrected chi connectivity index (χ2v) is 5.85. The van der Waals surface area contributed by atoms with Gasteiger partial charge in [-0.05, 0) is 32.6 Å². The number of carbonyl (C=O) groups excluding carboxylic acids is 3. The van der Waals surface area contributed by atoms with E-state index in [1.807, 2.05) is 6.92 Å². The SMILES string of the molecule is CCNC(=O)NC1CCC(OC(=O)C2=NN(C)C(=O)CC2)CC1. The fourth-order valence-electron chi connectivity index (χ4n) is 2.76. The monoisotopic (exact) mass is 324 g/mol. The van der Waals surface area contributed by atoms with Crippen LogP contribution in [-0.4, -0.2) is 54.4 Å². The topological polar surface area (TPSA) is 100 Å². The maximum Gasteiger partial charge on any atom is 0.354 e. The van der Waals surface area contributed by atoms with E-state index in [0.717, 1.165) is 12.8 Å². The van der Waals surface area contributed by atoms with Crippen LogP contribution in [0.15, 0.2) is 5.10 Å². The van der Waals surface area contributed by atoms with E-state index in [0.29, 0.717) is 31.5 Å². The number of hydrogen-bond acceptors (Lipinski definition) is 5. The Hall–Kier alpha value is -2.12. The highest BCUT2D eigenvalue weighted by Gasteiger charge is 2.28. The normalized spacial score (nSPS) is 24.7. The Bertz CT molecular complexity index is 498. The van der Waals surface area contributed by atoms with E-state index in [4.69, 9.17) is 4.74 Å². The average Bonchev–Trinajstić information content (AvgIpc) is 2.52. The minimum absolute atomic E-state index is 0.0986. The quantitative estimate of drug-likeness (QED) is 0.746. The van der Waals surface area contributed by atoms with Gasteiger partial charge in [0.1, 0.15) is 11.8 Å². The number of rotatable bonds is 4. The van der Waals surface area contributed by atoms with Crippen molar-refractivity contribution in [3.05, 3.63) is 0 Å². The van der Waals surface area contributed by atoms with Crippen LogP contribution >= 0.6 is 0 Å². The lowest BCUT2D eigenvalue weighted by molar-refractivity contribution is -0.142. The maximum absolute atomic E-state index is 12.1. The molecule has 1 aliphatic heterocycles. The summed E-state index contributed by atoms with van der Waals surface area (Å²) in [5.41, 5.74) is 0.301. The van der Waals surface area contributed by atoms with Crippen LogP contribution in [0.5, 0.6) is 0 Å². The van der Waals surface area contributed by atoms with Crippen molar-refractivity contribution in [1.29, 1.82) is 0 Å². The lowest BCUT2D eigenvalue weighted by Crippen LogP contribution is -2.44. The second-order valence-electron chi connectivity index (χ2n) is 5.85. The summed E-state index contributed by atoms with van der Waals surface area (Å²) in [5.74, 6) is -0.539. The van der Waals surface area contributed by atoms with Crippen molar-refractivity contribution in [2.75, 3.05) is 13.6 Å². The molecule has 1 heterocycles. The molecule has 2 N–H and O–H groups in total. The summed E-state index contributed by atoms with van der Waals surface area (Å²) in [5, 5.41) is 10.8. The van der Waals surface area contributed by atoms with E-state index in [9.17, 15) is 14.4 Å². The molecule has 23 heavy (non-hydrogen) atoms. The van der Waals surface area contributed by atoms with Gasteiger partial charge >= 0.3 is 12.0 Å². The molecule has 8 nitrogen and oxygen atoms in total. The highest BCUT2D eigenvalue weighted by molar-refractivity contribution is 6.37. The van der Waals surface area contributed by atoms with Crippen molar-refractivity contribution in [2.45, 2.75) is 57.6 Å². The third kappa shape index (κ3) is 4.94. The van der Waals surface area contributed by atoms with Gasteiger partial charge in [0.2, 0.25) is 5.91 Å². The van der Waals surface area contributed by atoms with Gasteiger partial charge in [0, 0.05) is 32.5 Å². The summed E-state index contributed by atoms with van der Waals surface area (Å²) in [7, 11) is 1.53. The van der Waals surface area contributed by atoms with E-state index in [1.54, 1.807) is 0 Å². The highest BCUT2D eigenvalue weighted by Crippen LogP contribution is 2.22. The minimum Gasteiger partial charge on any atom is -0.458 e. The first-order valence-corrected chi connectivity index (χ1v) is 8.09. The highest BCUT2D eigenvalue weighted by atomic mass is 16.5. The number of esters is 1. The number of carbonyl (C=O) groups is 3. The summed E-state index contributed by atoms with van der Waals surface area (Å²) >= 11 is 0. The number of hydrogen-bond donors (Lipinski definition) is 2. The molecule has 0 unspecified atom stereocenters. The van der Waals surface area contributed by atoms with Crippen LogP contribution in [0.3, 0.4) is 0 Å². The van der Waals surface area contributed by atoms with Crippen LogP contribution in [0.4, 0.5) is 4.79 Å². The van der Waals surface area contributed by atoms with E-state index in [2.05, 4.69) is 15.7 Å². The molecule has 0 radical (unpaired) electrons. The van der Waals surface area contributed by atoms with Gasteiger partial charge in [0.15, 0.2) is 0 Å². The Labute approximate surface area is 135 Å². The Kier molecular flexibility index (Phi) is 5.95. The van der Waals surface area contributed by atoms with E-state index in [1.165, 1.54) is 12.1 Å². The van der Waals surface area contributed by atoms with Crippen molar-refractivity contribution in [1.82, 2.24) is 15.6 Å². The zero-order chi connectivity index (χ0) is 16.8. The molecule has 0 aromatic rings. The predicted octanol–water partition coefficient (Wildman–Crippen LogP) is 0.768. The molecular weight excluding hydrogens is 300 g/mol. The predicted molar refractivity (Wildman–Crippen MR) is 83.8 cm³/mol. The Morgan fingerprint density at radius 1 is 1.26 bits per heavy atom. The van der Waals surface area contributed by atoms with Gasteiger partial charge in [-0.2, -0.15) is 5.10 Å². The number of amides is 3. The van der Waals surface area contributed by atoms with Crippen molar-refractivity contribution >= 4 is 23.6 Å². The molecule has 0 bridgehead atoms. The molecule has 0 aromatic carbocycles. The molecule has 2 aliphatic rings. The van der Waals surface area contributed by atoms with E-state index >= 15 is 0 Å². The first-order valence-electron chi connectivity index (χ1n) is 8.09. The van der Waals surface area contributed by atoms with Crippen LogP contribution in [0.25, 0.3) is 0 Å². The molecule has 0 aromatic heterocycles. The van der Waals surface area contributed by atoms with E-state index in [-0.39, 0.29) is 30.5 Å². The van der Waals surface area contributed by atoms with Crippen LogP contribution in [0.1, 0.15) is 45.4 Å². The van der Waals surface area contributed by atoms with Crippen LogP contribution in [0.2, 0.25) is 0 Å². The number of urea groups is 1. The Morgan fingerprint density at radius 3 is 2.57 bits per heavy atom. The summed E-state index contributed by atoms with van der Waals surface area (Å²) in [4.78, 5) is 34.9. The van der Waals surface area contributed by atoms with Gasteiger partial charge in [-0.25, -0.2) is 14.6 Å². The van der Waals surface area contributed by atoms with Gasteiger partial charge in [-0.1, -0.05) is 0 Å². The number of nitrogens with zero attached hydrogens (tertiary/aromatic N) is 2. The van der Waals surface area contributed by atoms with Gasteiger partial charge in [-0.3, -0.25) is 4.79 Å². The minimum atomic E-state index is -0.440. The molecule has 1 fully saturated rings. The molecule has 3 amide bonds. The molecule has 0 saturated heterocycles. The molecule has 8 heteroatoms. The first-order chi connectivity index (χ1) is 11.0. The van der Waals surface area contributed by atoms with Crippen molar-refractivity contribution in [3.8, 4) is 0 Å². The lowest BCUT2D eigenvalue weighted by Gasteiger charge is -2.29. The van der Waals surface area contributed by atoms with Gasteiger partial charge in [-0.15, -0.1) is 0 Å². The molecule has 2 rings (SSSR count). The average molecular weight is 324 g/mol. The van der Waals surface area contributed by atoms with Gasteiger partial charge in [0.25, 0.3) is 0 Å². The molecule has 0 spiro atoms. The van der Waals surface area contributed by atoms with Crippen LogP contribution < -0.4 is 10.6 Å². The number of nitrogens with one attached hydrogen (secondary N) is 2. The molecule has 1 aliphatic carbocycles. The van der Waals surface area contributed by atoms with E-state index < -0.39 is 5.97 Å². The largest absolute Gasteiger partial charge is 0.458 e. The summed E-state index contributed by atoms with van der Waals surface area (Å²) in [6.45, 7) is 2.47. The Morgan fingerprint density at radius 2 is 1.96 bits per heavy atom. The van der Waals surface area contributed by atoms with Gasteiger partial charge in [0.05, 0.1) is 0 Å². The van der Waals surface area contributed by atoms with Gasteiger partial charge < -0.3 is 15.4 Å². The molecule has 128 valence electrons. The third-order valence-corrected chi connectivity index (χ3v) is 4.06. The molecule has 1 saturated carbocycles. The number of hydrazone groups is 1. The number of ether oxygens (including phenoxy) is 1.